The van der Waals surface area contributed by atoms with Crippen LogP contribution in [0.1, 0.15) is 31.9 Å². The van der Waals surface area contributed by atoms with Crippen LogP contribution in [0.5, 0.6) is 5.75 Å². The average Bonchev–Trinajstić information content (AvgIpc) is 2.98. The minimum Gasteiger partial charge on any atom is -0.492 e. The van der Waals surface area contributed by atoms with Crippen LogP contribution in [-0.4, -0.2) is 22.9 Å². The Morgan fingerprint density at radius 3 is 2.95 bits per heavy atom. The maximum atomic E-state index is 14.1. The molecular weight excluding hydrogens is 269 g/mol. The minimum absolute atomic E-state index is 0.00285. The molecule has 1 N–H and O–H groups in total. The van der Waals surface area contributed by atoms with Crippen molar-refractivity contribution in [2.24, 2.45) is 0 Å². The molecule has 2 rings (SSSR count). The topological polar surface area (TPSA) is 39.1 Å². The van der Waals surface area contributed by atoms with Crippen LogP contribution in [-0.2, 0) is 6.54 Å². The predicted octanol–water partition coefficient (Wildman–Crippen LogP) is 3.16. The second kappa shape index (κ2) is 7.78. The first kappa shape index (κ1) is 15.5. The van der Waals surface area contributed by atoms with Crippen LogP contribution in [0, 0.1) is 5.82 Å². The van der Waals surface area contributed by atoms with Gasteiger partial charge in [-0.15, -0.1) is 0 Å². The summed E-state index contributed by atoms with van der Waals surface area (Å²) in [7, 11) is 0. The largest absolute Gasteiger partial charge is 0.492 e. The van der Waals surface area contributed by atoms with E-state index in [0.29, 0.717) is 24.5 Å². The molecule has 0 aliphatic rings. The molecule has 0 bridgehead atoms. The molecule has 114 valence electrons. The zero-order chi connectivity index (χ0) is 15.1. The highest BCUT2D eigenvalue weighted by molar-refractivity contribution is 5.30. The van der Waals surface area contributed by atoms with Gasteiger partial charge in [0.1, 0.15) is 18.2 Å². The van der Waals surface area contributed by atoms with Crippen LogP contribution in [0.15, 0.2) is 36.7 Å². The third-order valence-electron chi connectivity index (χ3n) is 3.29. The van der Waals surface area contributed by atoms with Gasteiger partial charge in [-0.2, -0.15) is 5.10 Å². The Hall–Kier alpha value is -1.88. The van der Waals surface area contributed by atoms with Crippen molar-refractivity contribution >= 4 is 0 Å². The molecule has 0 saturated carbocycles. The van der Waals surface area contributed by atoms with Crippen molar-refractivity contribution in [2.45, 2.75) is 32.9 Å². The highest BCUT2D eigenvalue weighted by atomic mass is 19.1. The van der Waals surface area contributed by atoms with E-state index >= 15 is 0 Å². The summed E-state index contributed by atoms with van der Waals surface area (Å²) in [5, 5.41) is 7.36. The number of aromatic nitrogens is 2. The van der Waals surface area contributed by atoms with Crippen LogP contribution in [0.3, 0.4) is 0 Å². The highest BCUT2D eigenvalue weighted by Crippen LogP contribution is 2.22. The molecule has 21 heavy (non-hydrogen) atoms. The molecule has 0 radical (unpaired) electrons. The molecule has 0 aliphatic carbocycles. The number of ether oxygens (including phenoxy) is 1. The molecule has 1 heterocycles. The first-order chi connectivity index (χ1) is 10.2. The van der Waals surface area contributed by atoms with Gasteiger partial charge < -0.3 is 10.1 Å². The summed E-state index contributed by atoms with van der Waals surface area (Å²) in [6.45, 7) is 6.04. The van der Waals surface area contributed by atoms with Crippen molar-refractivity contribution in [3.05, 3.63) is 48.0 Å². The number of nitrogens with zero attached hydrogens (tertiary/aromatic N) is 2. The van der Waals surface area contributed by atoms with Crippen molar-refractivity contribution in [1.29, 1.82) is 0 Å². The van der Waals surface area contributed by atoms with Crippen molar-refractivity contribution in [3.63, 3.8) is 0 Å². The Bertz CT molecular complexity index is 542. The Labute approximate surface area is 124 Å². The monoisotopic (exact) mass is 291 g/mol. The van der Waals surface area contributed by atoms with Gasteiger partial charge in [0.15, 0.2) is 0 Å². The van der Waals surface area contributed by atoms with E-state index in [4.69, 9.17) is 4.74 Å². The second-order valence-corrected chi connectivity index (χ2v) is 4.98. The zero-order valence-electron chi connectivity index (χ0n) is 12.6. The third-order valence-corrected chi connectivity index (χ3v) is 3.29. The third kappa shape index (κ3) is 4.56. The van der Waals surface area contributed by atoms with Gasteiger partial charge in [0.25, 0.3) is 0 Å². The average molecular weight is 291 g/mol. The van der Waals surface area contributed by atoms with Gasteiger partial charge in [-0.05, 0) is 32.0 Å². The van der Waals surface area contributed by atoms with Crippen LogP contribution in [0.4, 0.5) is 4.39 Å². The molecular formula is C16H22FN3O. The Balaban J connectivity index is 1.89. The molecule has 1 aromatic heterocycles. The Morgan fingerprint density at radius 2 is 2.29 bits per heavy atom. The first-order valence-corrected chi connectivity index (χ1v) is 7.33. The molecule has 4 nitrogen and oxygen atoms in total. The molecule has 2 aromatic rings. The molecule has 0 amide bonds. The molecule has 0 saturated heterocycles. The lowest BCUT2D eigenvalue weighted by molar-refractivity contribution is 0.289. The van der Waals surface area contributed by atoms with Crippen molar-refractivity contribution in [1.82, 2.24) is 15.1 Å². The summed E-state index contributed by atoms with van der Waals surface area (Å²) in [5.41, 5.74) is 0.669. The van der Waals surface area contributed by atoms with E-state index in [-0.39, 0.29) is 11.9 Å². The van der Waals surface area contributed by atoms with Crippen LogP contribution < -0.4 is 10.1 Å². The van der Waals surface area contributed by atoms with Gasteiger partial charge in [0, 0.05) is 30.1 Å². The fraction of sp³-hybridized carbons (Fsp3) is 0.438. The van der Waals surface area contributed by atoms with E-state index in [1.807, 2.05) is 25.3 Å². The zero-order valence-corrected chi connectivity index (χ0v) is 12.6. The molecule has 0 spiro atoms. The van der Waals surface area contributed by atoms with Gasteiger partial charge in [-0.3, -0.25) is 4.68 Å². The quantitative estimate of drug-likeness (QED) is 0.812. The van der Waals surface area contributed by atoms with Crippen LogP contribution in [0.2, 0.25) is 0 Å². The number of hydrogen-bond donors (Lipinski definition) is 1. The van der Waals surface area contributed by atoms with E-state index in [1.54, 1.807) is 16.9 Å². The van der Waals surface area contributed by atoms with Crippen LogP contribution in [0.25, 0.3) is 0 Å². The predicted molar refractivity (Wildman–Crippen MR) is 80.8 cm³/mol. The maximum Gasteiger partial charge on any atom is 0.131 e. The van der Waals surface area contributed by atoms with Crippen molar-refractivity contribution in [2.75, 3.05) is 13.2 Å². The molecule has 5 heteroatoms. The summed E-state index contributed by atoms with van der Waals surface area (Å²) in [6.07, 6.45) is 4.62. The van der Waals surface area contributed by atoms with Gasteiger partial charge in [-0.25, -0.2) is 4.39 Å². The summed E-state index contributed by atoms with van der Waals surface area (Å²) in [6, 6.07) is 6.90. The van der Waals surface area contributed by atoms with Gasteiger partial charge in [-0.1, -0.05) is 13.0 Å². The molecule has 0 fully saturated rings. The minimum atomic E-state index is -0.234. The van der Waals surface area contributed by atoms with E-state index < -0.39 is 0 Å². The van der Waals surface area contributed by atoms with E-state index in [2.05, 4.69) is 17.3 Å². The van der Waals surface area contributed by atoms with Crippen molar-refractivity contribution < 1.29 is 9.13 Å². The number of halogens is 1. The fourth-order valence-electron chi connectivity index (χ4n) is 2.11. The van der Waals surface area contributed by atoms with Gasteiger partial charge in [0.2, 0.25) is 0 Å². The number of rotatable bonds is 8. The molecule has 1 unspecified atom stereocenters. The van der Waals surface area contributed by atoms with E-state index in [0.717, 1.165) is 13.0 Å². The number of nitrogens with one attached hydrogen (secondary N) is 1. The normalized spacial score (nSPS) is 12.3. The van der Waals surface area contributed by atoms with Gasteiger partial charge in [0.05, 0.1) is 6.54 Å². The Morgan fingerprint density at radius 1 is 1.43 bits per heavy atom. The summed E-state index contributed by atoms with van der Waals surface area (Å²) >= 11 is 0. The smallest absolute Gasteiger partial charge is 0.131 e. The lowest BCUT2D eigenvalue weighted by atomic mass is 10.1. The molecule has 1 atom stereocenters. The lowest BCUT2D eigenvalue weighted by Crippen LogP contribution is -2.20. The maximum absolute atomic E-state index is 14.1. The standard InChI is InChI=1S/C16H22FN3O/c1-3-7-18-13(2)15-6-5-14(12-16(15)17)21-11-10-20-9-4-8-19-20/h4-6,8-9,12-13,18H,3,7,10-11H2,1-2H3. The van der Waals surface area contributed by atoms with E-state index in [1.165, 1.54) is 6.07 Å². The lowest BCUT2D eigenvalue weighted by Gasteiger charge is -2.15. The SMILES string of the molecule is CCCNC(C)c1ccc(OCCn2cccn2)cc1F. The highest BCUT2D eigenvalue weighted by Gasteiger charge is 2.11. The molecule has 0 aliphatic heterocycles. The number of benzene rings is 1. The van der Waals surface area contributed by atoms with Gasteiger partial charge >= 0.3 is 0 Å². The van der Waals surface area contributed by atoms with Crippen molar-refractivity contribution in [3.8, 4) is 5.75 Å². The van der Waals surface area contributed by atoms with Crippen LogP contribution >= 0.6 is 0 Å². The second-order valence-electron chi connectivity index (χ2n) is 4.98. The summed E-state index contributed by atoms with van der Waals surface area (Å²) in [4.78, 5) is 0. The summed E-state index contributed by atoms with van der Waals surface area (Å²) in [5.74, 6) is 0.314. The molecule has 1 aromatic carbocycles. The Kier molecular flexibility index (Phi) is 5.75. The summed E-state index contributed by atoms with van der Waals surface area (Å²) < 4.78 is 21.4. The number of hydrogen-bond acceptors (Lipinski definition) is 3. The first-order valence-electron chi connectivity index (χ1n) is 7.33. The fourth-order valence-corrected chi connectivity index (χ4v) is 2.11. The van der Waals surface area contributed by atoms with E-state index in [9.17, 15) is 4.39 Å².